The van der Waals surface area contributed by atoms with Crippen LogP contribution in [0.2, 0.25) is 0 Å². The van der Waals surface area contributed by atoms with Gasteiger partial charge in [0.05, 0.1) is 23.6 Å². The molecule has 4 aromatic heterocycles. The summed E-state index contributed by atoms with van der Waals surface area (Å²) in [5.74, 6) is -0.597. The van der Waals surface area contributed by atoms with Crippen molar-refractivity contribution in [2.75, 3.05) is 5.32 Å². The predicted octanol–water partition coefficient (Wildman–Crippen LogP) is 2.52. The monoisotopic (exact) mass is 336 g/mol. The molecule has 0 saturated carbocycles. The summed E-state index contributed by atoms with van der Waals surface area (Å²) in [4.78, 5) is 16.5. The summed E-state index contributed by atoms with van der Waals surface area (Å²) in [6.45, 7) is 0. The zero-order valence-electron chi connectivity index (χ0n) is 13.2. The number of fused-ring (bicyclic) bond motifs is 1. The molecular weight excluding hydrogens is 323 g/mol. The van der Waals surface area contributed by atoms with E-state index >= 15 is 0 Å². The number of nitrogens with one attached hydrogen (secondary N) is 1. The van der Waals surface area contributed by atoms with Gasteiger partial charge in [-0.3, -0.25) is 9.48 Å². The summed E-state index contributed by atoms with van der Waals surface area (Å²) < 4.78 is 16.2. The van der Waals surface area contributed by atoms with Crippen molar-refractivity contribution in [1.82, 2.24) is 24.4 Å². The summed E-state index contributed by atoms with van der Waals surface area (Å²) in [5.41, 5.74) is 2.82. The molecule has 0 fully saturated rings. The molecule has 0 aromatic carbocycles. The number of rotatable bonds is 3. The highest BCUT2D eigenvalue weighted by Gasteiger charge is 2.15. The first-order valence-corrected chi connectivity index (χ1v) is 7.51. The molecule has 0 saturated heterocycles. The van der Waals surface area contributed by atoms with E-state index in [9.17, 15) is 9.18 Å². The van der Waals surface area contributed by atoms with Crippen molar-refractivity contribution in [2.45, 2.75) is 0 Å². The van der Waals surface area contributed by atoms with Crippen LogP contribution in [-0.4, -0.2) is 30.3 Å². The Balaban J connectivity index is 1.77. The number of hydrogen-bond acceptors (Lipinski definition) is 4. The zero-order valence-corrected chi connectivity index (χ0v) is 13.2. The van der Waals surface area contributed by atoms with Gasteiger partial charge in [-0.05, 0) is 36.4 Å². The maximum Gasteiger partial charge on any atom is 0.275 e. The van der Waals surface area contributed by atoms with Gasteiger partial charge >= 0.3 is 0 Å². The molecule has 0 unspecified atom stereocenters. The quantitative estimate of drug-likeness (QED) is 0.624. The van der Waals surface area contributed by atoms with E-state index in [2.05, 4.69) is 20.5 Å². The van der Waals surface area contributed by atoms with E-state index in [-0.39, 0.29) is 5.82 Å². The van der Waals surface area contributed by atoms with Crippen LogP contribution in [0.4, 0.5) is 10.2 Å². The van der Waals surface area contributed by atoms with E-state index in [1.165, 1.54) is 12.1 Å². The van der Waals surface area contributed by atoms with Crippen LogP contribution in [-0.2, 0) is 7.05 Å². The normalized spacial score (nSPS) is 11.0. The van der Waals surface area contributed by atoms with Gasteiger partial charge < -0.3 is 5.32 Å². The van der Waals surface area contributed by atoms with Crippen molar-refractivity contribution in [3.05, 3.63) is 66.5 Å². The number of nitrogens with zero attached hydrogens (tertiary/aromatic N) is 5. The highest BCUT2D eigenvalue weighted by Crippen LogP contribution is 2.22. The van der Waals surface area contributed by atoms with Crippen molar-refractivity contribution in [2.24, 2.45) is 7.05 Å². The summed E-state index contributed by atoms with van der Waals surface area (Å²) in [6.07, 6.45) is 4.36. The maximum absolute atomic E-state index is 13.0. The number of halogens is 1. The van der Waals surface area contributed by atoms with Gasteiger partial charge in [-0.2, -0.15) is 10.2 Å². The molecule has 4 rings (SSSR count). The highest BCUT2D eigenvalue weighted by atomic mass is 19.1. The second kappa shape index (κ2) is 5.82. The van der Waals surface area contributed by atoms with Crippen LogP contribution < -0.4 is 5.32 Å². The van der Waals surface area contributed by atoms with Crippen LogP contribution in [0, 0.1) is 5.82 Å². The van der Waals surface area contributed by atoms with Crippen LogP contribution in [0.1, 0.15) is 10.5 Å². The Kier molecular flexibility index (Phi) is 3.50. The van der Waals surface area contributed by atoms with Crippen LogP contribution >= 0.6 is 0 Å². The van der Waals surface area contributed by atoms with Crippen molar-refractivity contribution in [3.8, 4) is 11.3 Å². The SMILES string of the molecule is Cn1nccc1-c1cc(C(=O)Nc2ccc(F)cn2)n2nccc2c1. The number of pyridine rings is 2. The number of aromatic nitrogens is 5. The molecule has 1 amide bonds. The summed E-state index contributed by atoms with van der Waals surface area (Å²) >= 11 is 0. The number of carbonyl (C=O) groups is 1. The van der Waals surface area contributed by atoms with Gasteiger partial charge in [0.2, 0.25) is 0 Å². The van der Waals surface area contributed by atoms with Gasteiger partial charge in [0.15, 0.2) is 0 Å². The third-order valence-corrected chi connectivity index (χ3v) is 3.81. The molecule has 4 heterocycles. The summed E-state index contributed by atoms with van der Waals surface area (Å²) in [7, 11) is 1.83. The van der Waals surface area contributed by atoms with Gasteiger partial charge in [0.1, 0.15) is 17.3 Å². The number of amides is 1. The van der Waals surface area contributed by atoms with Gasteiger partial charge in [-0.1, -0.05) is 0 Å². The fraction of sp³-hybridized carbons (Fsp3) is 0.0588. The van der Waals surface area contributed by atoms with E-state index in [0.717, 1.165) is 23.0 Å². The molecule has 8 heteroatoms. The fourth-order valence-corrected chi connectivity index (χ4v) is 2.63. The Morgan fingerprint density at radius 2 is 1.96 bits per heavy atom. The molecule has 0 bridgehead atoms. The van der Waals surface area contributed by atoms with Crippen LogP contribution in [0.5, 0.6) is 0 Å². The minimum atomic E-state index is -0.467. The van der Waals surface area contributed by atoms with E-state index < -0.39 is 11.7 Å². The van der Waals surface area contributed by atoms with E-state index in [1.807, 2.05) is 25.2 Å². The summed E-state index contributed by atoms with van der Waals surface area (Å²) in [5, 5.41) is 11.0. The van der Waals surface area contributed by atoms with Gasteiger partial charge in [0, 0.05) is 18.8 Å². The molecule has 0 aliphatic heterocycles. The highest BCUT2D eigenvalue weighted by molar-refractivity contribution is 6.03. The zero-order chi connectivity index (χ0) is 17.4. The second-order valence-corrected chi connectivity index (χ2v) is 5.45. The van der Waals surface area contributed by atoms with Gasteiger partial charge in [-0.15, -0.1) is 0 Å². The molecule has 124 valence electrons. The van der Waals surface area contributed by atoms with Gasteiger partial charge in [-0.25, -0.2) is 13.9 Å². The average Bonchev–Trinajstić information content (AvgIpc) is 3.24. The van der Waals surface area contributed by atoms with Crippen molar-refractivity contribution in [1.29, 1.82) is 0 Å². The average molecular weight is 336 g/mol. The number of aryl methyl sites for hydroxylation is 1. The van der Waals surface area contributed by atoms with Crippen LogP contribution in [0.3, 0.4) is 0 Å². The molecule has 7 nitrogen and oxygen atoms in total. The van der Waals surface area contributed by atoms with Crippen molar-refractivity contribution < 1.29 is 9.18 Å². The molecule has 1 N–H and O–H groups in total. The van der Waals surface area contributed by atoms with Crippen LogP contribution in [0.25, 0.3) is 16.8 Å². The number of carbonyl (C=O) groups excluding carboxylic acids is 1. The molecule has 0 radical (unpaired) electrons. The lowest BCUT2D eigenvalue weighted by Gasteiger charge is -2.09. The van der Waals surface area contributed by atoms with E-state index in [0.29, 0.717) is 5.69 Å². The molecule has 0 atom stereocenters. The maximum atomic E-state index is 13.0. The Morgan fingerprint density at radius 1 is 1.12 bits per heavy atom. The first-order valence-electron chi connectivity index (χ1n) is 7.51. The van der Waals surface area contributed by atoms with E-state index in [1.54, 1.807) is 27.7 Å². The van der Waals surface area contributed by atoms with Crippen LogP contribution in [0.15, 0.2) is 55.0 Å². The predicted molar refractivity (Wildman–Crippen MR) is 89.5 cm³/mol. The molecule has 0 spiro atoms. The Morgan fingerprint density at radius 3 is 2.68 bits per heavy atom. The molecule has 25 heavy (non-hydrogen) atoms. The van der Waals surface area contributed by atoms with E-state index in [4.69, 9.17) is 0 Å². The largest absolute Gasteiger partial charge is 0.305 e. The number of anilines is 1. The summed E-state index contributed by atoms with van der Waals surface area (Å²) in [6, 6.07) is 9.97. The Hall–Kier alpha value is -3.55. The number of hydrogen-bond donors (Lipinski definition) is 1. The lowest BCUT2D eigenvalue weighted by atomic mass is 10.1. The minimum absolute atomic E-state index is 0.262. The fourth-order valence-electron chi connectivity index (χ4n) is 2.63. The molecular formula is C17H13FN6O. The minimum Gasteiger partial charge on any atom is -0.305 e. The Labute approximate surface area is 141 Å². The second-order valence-electron chi connectivity index (χ2n) is 5.45. The first-order chi connectivity index (χ1) is 12.1. The molecule has 4 aromatic rings. The van der Waals surface area contributed by atoms with Crippen molar-refractivity contribution in [3.63, 3.8) is 0 Å². The Bertz CT molecular complexity index is 1070. The third kappa shape index (κ3) is 2.74. The first kappa shape index (κ1) is 15.0. The topological polar surface area (TPSA) is 77.1 Å². The third-order valence-electron chi connectivity index (χ3n) is 3.81. The smallest absolute Gasteiger partial charge is 0.275 e. The molecule has 0 aliphatic rings. The standard InChI is InChI=1S/C17H13FN6O/c1-23-14(5-7-20-23)11-8-13-4-6-21-24(13)15(9-11)17(25)22-16-3-2-12(18)10-19-16/h2-10H,1H3,(H,19,22,25). The molecule has 0 aliphatic carbocycles. The van der Waals surface area contributed by atoms with Crippen molar-refractivity contribution >= 4 is 17.2 Å². The lowest BCUT2D eigenvalue weighted by molar-refractivity contribution is 0.101. The van der Waals surface area contributed by atoms with Gasteiger partial charge in [0.25, 0.3) is 5.91 Å². The lowest BCUT2D eigenvalue weighted by Crippen LogP contribution is -2.17.